The molecule has 12 heteroatoms. The molecule has 10 nitrogen and oxygen atoms in total. The number of anilines is 1. The Labute approximate surface area is 230 Å². The first-order valence-corrected chi connectivity index (χ1v) is 13.1. The van der Waals surface area contributed by atoms with E-state index >= 15 is 0 Å². The van der Waals surface area contributed by atoms with Gasteiger partial charge in [-0.3, -0.25) is 9.89 Å². The van der Waals surface area contributed by atoms with Crippen LogP contribution in [0.2, 0.25) is 10.2 Å². The van der Waals surface area contributed by atoms with E-state index in [-0.39, 0.29) is 16.8 Å². The lowest BCUT2D eigenvalue weighted by atomic mass is 10.0. The highest BCUT2D eigenvalue weighted by Gasteiger charge is 2.53. The summed E-state index contributed by atoms with van der Waals surface area (Å²) in [6.07, 6.45) is 4.47. The Morgan fingerprint density at radius 2 is 1.95 bits per heavy atom. The van der Waals surface area contributed by atoms with Crippen molar-refractivity contribution in [1.29, 1.82) is 0 Å². The van der Waals surface area contributed by atoms with Gasteiger partial charge >= 0.3 is 0 Å². The zero-order chi connectivity index (χ0) is 26.4. The van der Waals surface area contributed by atoms with Crippen LogP contribution >= 0.6 is 23.2 Å². The van der Waals surface area contributed by atoms with Crippen LogP contribution in [0.4, 0.5) is 5.82 Å². The van der Waals surface area contributed by atoms with Crippen molar-refractivity contribution in [3.05, 3.63) is 92.8 Å². The summed E-state index contributed by atoms with van der Waals surface area (Å²) in [5.41, 5.74) is 11.8. The van der Waals surface area contributed by atoms with Crippen LogP contribution in [0.25, 0.3) is 39.1 Å². The number of nitrogens with zero attached hydrogens (tertiary/aromatic N) is 6. The minimum absolute atomic E-state index is 0.0762. The lowest BCUT2D eigenvalue weighted by molar-refractivity contribution is 0.528. The van der Waals surface area contributed by atoms with Crippen LogP contribution in [0, 0.1) is 5.92 Å². The lowest BCUT2D eigenvalue weighted by Crippen LogP contribution is -2.26. The monoisotopic (exact) mass is 555 g/mol. The first-order chi connectivity index (χ1) is 18.9. The molecule has 1 aliphatic carbocycles. The first-order valence-electron chi connectivity index (χ1n) is 12.4. The molecular weight excluding hydrogens is 537 g/mol. The summed E-state index contributed by atoms with van der Waals surface area (Å²) in [5.74, 6) is 1.84. The van der Waals surface area contributed by atoms with E-state index in [1.54, 1.807) is 23.0 Å². The van der Waals surface area contributed by atoms with Gasteiger partial charge in [-0.1, -0.05) is 34.5 Å². The molecule has 0 spiro atoms. The fraction of sp³-hybridized carbons (Fsp3) is 0.148. The standard InChI is InChI=1S/C27H19Cl2N9O/c28-14-2-4-21(37-11-23(29)34-36-37)16(8-14)13-6-22-17-9-18(17)25(38(22)24(39)7-13)20-10-31-27(32-20)12-1-3-15-19(5-12)33-35-26(15)30/h1-8,10-11,17-18,25H,9H2,(H,31,32)(H3,30,33,35). The molecule has 5 heterocycles. The third-order valence-corrected chi connectivity index (χ3v) is 8.17. The van der Waals surface area contributed by atoms with E-state index in [9.17, 15) is 4.79 Å². The van der Waals surface area contributed by atoms with Gasteiger partial charge in [0.15, 0.2) is 11.0 Å². The highest BCUT2D eigenvalue weighted by atomic mass is 35.5. The van der Waals surface area contributed by atoms with E-state index in [4.69, 9.17) is 28.9 Å². The van der Waals surface area contributed by atoms with E-state index in [0.29, 0.717) is 22.7 Å². The Morgan fingerprint density at radius 3 is 2.79 bits per heavy atom. The van der Waals surface area contributed by atoms with Gasteiger partial charge in [0.2, 0.25) is 0 Å². The number of hydrogen-bond acceptors (Lipinski definition) is 6. The summed E-state index contributed by atoms with van der Waals surface area (Å²) >= 11 is 12.4. The molecule has 8 rings (SSSR count). The molecule has 2 aliphatic rings. The number of nitrogens with two attached hydrogens (primary N) is 1. The van der Waals surface area contributed by atoms with Crippen LogP contribution in [0.5, 0.6) is 0 Å². The largest absolute Gasteiger partial charge is 0.382 e. The zero-order valence-electron chi connectivity index (χ0n) is 20.1. The van der Waals surface area contributed by atoms with Gasteiger partial charge in [0.25, 0.3) is 5.56 Å². The normalized spacial score (nSPS) is 19.4. The quantitative estimate of drug-likeness (QED) is 0.281. The van der Waals surface area contributed by atoms with Crippen LogP contribution < -0.4 is 11.3 Å². The number of aromatic nitrogens is 8. The molecule has 1 aliphatic heterocycles. The highest BCUT2D eigenvalue weighted by Crippen LogP contribution is 2.60. The number of imidazole rings is 1. The van der Waals surface area contributed by atoms with Gasteiger partial charge in [-0.05, 0) is 54.3 Å². The minimum atomic E-state index is -0.104. The Morgan fingerprint density at radius 1 is 1.05 bits per heavy atom. The molecule has 4 aromatic heterocycles. The number of hydrogen-bond donors (Lipinski definition) is 3. The maximum Gasteiger partial charge on any atom is 0.251 e. The predicted molar refractivity (Wildman–Crippen MR) is 148 cm³/mol. The molecule has 39 heavy (non-hydrogen) atoms. The average molecular weight is 556 g/mol. The molecular formula is C27H19Cl2N9O. The highest BCUT2D eigenvalue weighted by molar-refractivity contribution is 6.31. The lowest BCUT2D eigenvalue weighted by Gasteiger charge is -2.18. The van der Waals surface area contributed by atoms with Crippen LogP contribution in [0.15, 0.2) is 65.7 Å². The van der Waals surface area contributed by atoms with Crippen molar-refractivity contribution in [2.75, 3.05) is 5.73 Å². The molecule has 0 bridgehead atoms. The predicted octanol–water partition coefficient (Wildman–Crippen LogP) is 4.96. The number of nitrogen functional groups attached to an aromatic ring is 1. The van der Waals surface area contributed by atoms with Crippen molar-refractivity contribution >= 4 is 39.9 Å². The summed E-state index contributed by atoms with van der Waals surface area (Å²) in [6, 6.07) is 15.0. The van der Waals surface area contributed by atoms with Gasteiger partial charge < -0.3 is 15.3 Å². The maximum atomic E-state index is 13.6. The zero-order valence-corrected chi connectivity index (χ0v) is 21.6. The molecule has 3 unspecified atom stereocenters. The Hall–Kier alpha value is -4.41. The molecule has 6 aromatic rings. The minimum Gasteiger partial charge on any atom is -0.382 e. The molecule has 3 atom stereocenters. The molecule has 1 fully saturated rings. The molecule has 1 saturated carbocycles. The van der Waals surface area contributed by atoms with Gasteiger partial charge in [0.05, 0.1) is 35.3 Å². The molecule has 2 aromatic carbocycles. The Balaban J connectivity index is 1.19. The van der Waals surface area contributed by atoms with Gasteiger partial charge in [-0.25, -0.2) is 9.67 Å². The van der Waals surface area contributed by atoms with Crippen LogP contribution in [-0.4, -0.2) is 39.7 Å². The summed E-state index contributed by atoms with van der Waals surface area (Å²) < 4.78 is 3.48. The van der Waals surface area contributed by atoms with E-state index < -0.39 is 0 Å². The smallest absolute Gasteiger partial charge is 0.251 e. The average Bonchev–Trinajstić information content (AvgIpc) is 3.28. The molecule has 0 saturated heterocycles. The van der Waals surface area contributed by atoms with Crippen LogP contribution in [-0.2, 0) is 0 Å². The molecule has 4 N–H and O–H groups in total. The van der Waals surface area contributed by atoms with Crippen LogP contribution in [0.3, 0.4) is 0 Å². The van der Waals surface area contributed by atoms with E-state index in [1.807, 2.05) is 41.1 Å². The van der Waals surface area contributed by atoms with Gasteiger partial charge in [-0.15, -0.1) is 5.10 Å². The summed E-state index contributed by atoms with van der Waals surface area (Å²) in [4.78, 5) is 21.7. The number of nitrogens with one attached hydrogen (secondary N) is 2. The Bertz CT molecular complexity index is 2000. The number of halogens is 2. The molecule has 0 amide bonds. The van der Waals surface area contributed by atoms with Crippen molar-refractivity contribution < 1.29 is 0 Å². The fourth-order valence-electron chi connectivity index (χ4n) is 5.92. The molecule has 0 radical (unpaired) electrons. The second-order valence-electron chi connectivity index (χ2n) is 10.0. The number of benzene rings is 2. The topological polar surface area (TPSA) is 136 Å². The maximum absolute atomic E-state index is 13.6. The summed E-state index contributed by atoms with van der Waals surface area (Å²) in [6.45, 7) is 0. The third-order valence-electron chi connectivity index (χ3n) is 7.76. The third kappa shape index (κ3) is 3.45. The SMILES string of the molecule is Nc1n[nH]c2cc(-c3ncc(C4C5CC5c5cc(-c6cc(Cl)ccc6-n6cc(Cl)nn6)cc(=O)n54)[nH]3)ccc12. The molecule has 192 valence electrons. The summed E-state index contributed by atoms with van der Waals surface area (Å²) in [5, 5.41) is 16.7. The number of rotatable bonds is 4. The van der Waals surface area contributed by atoms with Crippen LogP contribution in [0.1, 0.15) is 29.8 Å². The van der Waals surface area contributed by atoms with Crippen molar-refractivity contribution in [2.24, 2.45) is 5.92 Å². The number of pyridine rings is 1. The number of H-pyrrole nitrogens is 2. The first kappa shape index (κ1) is 22.6. The summed E-state index contributed by atoms with van der Waals surface area (Å²) in [7, 11) is 0. The Kier molecular flexibility index (Phi) is 4.65. The van der Waals surface area contributed by atoms with Crippen molar-refractivity contribution in [3.63, 3.8) is 0 Å². The van der Waals surface area contributed by atoms with E-state index in [1.165, 1.54) is 0 Å². The second kappa shape index (κ2) is 8.05. The fourth-order valence-corrected chi connectivity index (χ4v) is 6.22. The van der Waals surface area contributed by atoms with Crippen molar-refractivity contribution in [1.82, 2.24) is 39.7 Å². The second-order valence-corrected chi connectivity index (χ2v) is 10.9. The van der Waals surface area contributed by atoms with Gasteiger partial charge in [0.1, 0.15) is 5.82 Å². The van der Waals surface area contributed by atoms with E-state index in [0.717, 1.165) is 56.9 Å². The number of fused-ring (bicyclic) bond motifs is 4. The van der Waals surface area contributed by atoms with Gasteiger partial charge in [-0.2, -0.15) is 5.10 Å². The van der Waals surface area contributed by atoms with Crippen molar-refractivity contribution in [3.8, 4) is 28.2 Å². The van der Waals surface area contributed by atoms with Crippen molar-refractivity contribution in [2.45, 2.75) is 18.4 Å². The number of aromatic amines is 2. The van der Waals surface area contributed by atoms with E-state index in [2.05, 4.69) is 36.5 Å². The van der Waals surface area contributed by atoms with Gasteiger partial charge in [0, 0.05) is 39.2 Å².